The Balaban J connectivity index is 1.97. The fourth-order valence-electron chi connectivity index (χ4n) is 2.66. The Kier molecular flexibility index (Phi) is 2.78. The lowest BCUT2D eigenvalue weighted by Crippen LogP contribution is -2.45. The first-order valence-electron chi connectivity index (χ1n) is 6.39. The molecule has 1 aromatic carbocycles. The highest BCUT2D eigenvalue weighted by Gasteiger charge is 2.46. The van der Waals surface area contributed by atoms with Gasteiger partial charge in [0.15, 0.2) is 0 Å². The number of carbonyl (C=O) groups excluding carboxylic acids is 1. The standard InChI is InChI=1S/C14H17N3O2/c1-17-13(18)12(16-14(17)7-8-15-9-14)10-3-5-11(19-2)6-4-10/h3-6,15H,7-9H2,1-2H3. The first kappa shape index (κ1) is 12.2. The Bertz CT molecular complexity index is 530. The van der Waals surface area contributed by atoms with E-state index in [1.54, 1.807) is 12.0 Å². The van der Waals surface area contributed by atoms with Crippen LogP contribution in [0.4, 0.5) is 0 Å². The van der Waals surface area contributed by atoms with Crippen molar-refractivity contribution < 1.29 is 9.53 Å². The van der Waals surface area contributed by atoms with Crippen molar-refractivity contribution >= 4 is 11.6 Å². The van der Waals surface area contributed by atoms with Crippen molar-refractivity contribution in [2.24, 2.45) is 4.99 Å². The maximum atomic E-state index is 12.4. The molecule has 1 fully saturated rings. The van der Waals surface area contributed by atoms with Crippen LogP contribution in [0, 0.1) is 0 Å². The monoisotopic (exact) mass is 259 g/mol. The fraction of sp³-hybridized carbons (Fsp3) is 0.429. The topological polar surface area (TPSA) is 53.9 Å². The maximum Gasteiger partial charge on any atom is 0.274 e. The molecule has 1 saturated heterocycles. The van der Waals surface area contributed by atoms with Crippen molar-refractivity contribution in [2.45, 2.75) is 12.1 Å². The van der Waals surface area contributed by atoms with Gasteiger partial charge in [-0.15, -0.1) is 0 Å². The van der Waals surface area contributed by atoms with E-state index in [2.05, 4.69) is 5.32 Å². The molecule has 1 N–H and O–H groups in total. The van der Waals surface area contributed by atoms with Crippen LogP contribution in [0.2, 0.25) is 0 Å². The SMILES string of the molecule is COc1ccc(C2=NC3(CCNC3)N(C)C2=O)cc1. The molecule has 1 spiro atoms. The van der Waals surface area contributed by atoms with Gasteiger partial charge in [0.1, 0.15) is 17.1 Å². The van der Waals surface area contributed by atoms with E-state index in [1.165, 1.54) is 0 Å². The quantitative estimate of drug-likeness (QED) is 0.848. The molecule has 1 atom stereocenters. The number of aliphatic imine (C=N–C) groups is 1. The summed E-state index contributed by atoms with van der Waals surface area (Å²) in [5.41, 5.74) is 1.02. The smallest absolute Gasteiger partial charge is 0.274 e. The zero-order valence-electron chi connectivity index (χ0n) is 11.1. The molecule has 0 radical (unpaired) electrons. The van der Waals surface area contributed by atoms with E-state index in [4.69, 9.17) is 9.73 Å². The molecule has 2 heterocycles. The van der Waals surface area contributed by atoms with Crippen LogP contribution in [0.25, 0.3) is 0 Å². The minimum Gasteiger partial charge on any atom is -0.497 e. The number of methoxy groups -OCH3 is 1. The van der Waals surface area contributed by atoms with E-state index in [1.807, 2.05) is 31.3 Å². The molecule has 0 aromatic heterocycles. The van der Waals surface area contributed by atoms with Crippen LogP contribution in [0.5, 0.6) is 5.75 Å². The summed E-state index contributed by atoms with van der Waals surface area (Å²) in [7, 11) is 3.45. The van der Waals surface area contributed by atoms with Crippen LogP contribution in [-0.2, 0) is 4.79 Å². The first-order chi connectivity index (χ1) is 9.16. The molecule has 0 saturated carbocycles. The van der Waals surface area contributed by atoms with Gasteiger partial charge in [-0.2, -0.15) is 0 Å². The predicted octanol–water partition coefficient (Wildman–Crippen LogP) is 0.646. The molecule has 1 amide bonds. The molecule has 5 heteroatoms. The summed E-state index contributed by atoms with van der Waals surface area (Å²) in [6.45, 7) is 1.63. The second kappa shape index (κ2) is 4.35. The zero-order valence-corrected chi connectivity index (χ0v) is 11.1. The average Bonchev–Trinajstić information content (AvgIpc) is 3.01. The minimum atomic E-state index is -0.383. The van der Waals surface area contributed by atoms with Crippen LogP contribution in [0.15, 0.2) is 29.3 Å². The van der Waals surface area contributed by atoms with Gasteiger partial charge in [-0.05, 0) is 30.8 Å². The fourth-order valence-corrected chi connectivity index (χ4v) is 2.66. The second-order valence-corrected chi connectivity index (χ2v) is 4.96. The number of hydrogen-bond donors (Lipinski definition) is 1. The van der Waals surface area contributed by atoms with Crippen LogP contribution < -0.4 is 10.1 Å². The van der Waals surface area contributed by atoms with Gasteiger partial charge < -0.3 is 15.0 Å². The Hall–Kier alpha value is -1.88. The van der Waals surface area contributed by atoms with Crippen LogP contribution >= 0.6 is 0 Å². The van der Waals surface area contributed by atoms with Gasteiger partial charge >= 0.3 is 0 Å². The lowest BCUT2D eigenvalue weighted by atomic mass is 10.1. The van der Waals surface area contributed by atoms with E-state index in [9.17, 15) is 4.79 Å². The Labute approximate surface area is 112 Å². The highest BCUT2D eigenvalue weighted by molar-refractivity contribution is 6.46. The van der Waals surface area contributed by atoms with E-state index in [-0.39, 0.29) is 11.6 Å². The Morgan fingerprint density at radius 1 is 1.37 bits per heavy atom. The first-order valence-corrected chi connectivity index (χ1v) is 6.39. The van der Waals surface area contributed by atoms with Crippen molar-refractivity contribution in [3.63, 3.8) is 0 Å². The van der Waals surface area contributed by atoms with Crippen LogP contribution in [-0.4, -0.2) is 49.4 Å². The number of hydrogen-bond acceptors (Lipinski definition) is 4. The number of ether oxygens (including phenoxy) is 1. The lowest BCUT2D eigenvalue weighted by molar-refractivity contribution is -0.125. The van der Waals surface area contributed by atoms with E-state index >= 15 is 0 Å². The average molecular weight is 259 g/mol. The number of rotatable bonds is 2. The van der Waals surface area contributed by atoms with Gasteiger partial charge in [-0.1, -0.05) is 0 Å². The van der Waals surface area contributed by atoms with Crippen molar-refractivity contribution in [3.8, 4) is 5.75 Å². The van der Waals surface area contributed by atoms with Gasteiger partial charge in [0.2, 0.25) is 0 Å². The molecular weight excluding hydrogens is 242 g/mol. The third-order valence-electron chi connectivity index (χ3n) is 3.93. The summed E-state index contributed by atoms with van der Waals surface area (Å²) in [6, 6.07) is 7.46. The summed E-state index contributed by atoms with van der Waals surface area (Å²) < 4.78 is 5.13. The van der Waals surface area contributed by atoms with Gasteiger partial charge in [0.05, 0.1) is 7.11 Å². The minimum absolute atomic E-state index is 0.00568. The van der Waals surface area contributed by atoms with Gasteiger partial charge in [0, 0.05) is 25.6 Å². The predicted molar refractivity (Wildman–Crippen MR) is 72.5 cm³/mol. The largest absolute Gasteiger partial charge is 0.497 e. The van der Waals surface area contributed by atoms with Gasteiger partial charge in [-0.3, -0.25) is 4.79 Å². The van der Waals surface area contributed by atoms with E-state index in [0.717, 1.165) is 30.8 Å². The maximum absolute atomic E-state index is 12.4. The van der Waals surface area contributed by atoms with Gasteiger partial charge in [-0.25, -0.2) is 4.99 Å². The summed E-state index contributed by atoms with van der Waals surface area (Å²) >= 11 is 0. The molecule has 0 bridgehead atoms. The summed E-state index contributed by atoms with van der Waals surface area (Å²) in [5, 5.41) is 3.28. The lowest BCUT2D eigenvalue weighted by Gasteiger charge is -2.28. The normalized spacial score (nSPS) is 26.1. The molecule has 0 aliphatic carbocycles. The number of nitrogens with one attached hydrogen (secondary N) is 1. The summed E-state index contributed by atoms with van der Waals surface area (Å²) in [6.07, 6.45) is 0.870. The molecule has 2 aliphatic rings. The second-order valence-electron chi connectivity index (χ2n) is 4.96. The molecule has 1 unspecified atom stereocenters. The van der Waals surface area contributed by atoms with Crippen LogP contribution in [0.1, 0.15) is 12.0 Å². The molecule has 3 rings (SSSR count). The number of nitrogens with zero attached hydrogens (tertiary/aromatic N) is 2. The third-order valence-corrected chi connectivity index (χ3v) is 3.93. The zero-order chi connectivity index (χ0) is 13.5. The van der Waals surface area contributed by atoms with Crippen molar-refractivity contribution in [1.29, 1.82) is 0 Å². The number of carbonyl (C=O) groups is 1. The van der Waals surface area contributed by atoms with E-state index < -0.39 is 0 Å². The summed E-state index contributed by atoms with van der Waals surface area (Å²) in [5.74, 6) is 0.772. The van der Waals surface area contributed by atoms with Crippen molar-refractivity contribution in [2.75, 3.05) is 27.2 Å². The third kappa shape index (κ3) is 1.81. The molecule has 100 valence electrons. The Morgan fingerprint density at radius 2 is 2.11 bits per heavy atom. The molecule has 1 aromatic rings. The van der Waals surface area contributed by atoms with Crippen molar-refractivity contribution in [1.82, 2.24) is 10.2 Å². The summed E-state index contributed by atoms with van der Waals surface area (Å²) in [4.78, 5) is 18.8. The highest BCUT2D eigenvalue weighted by atomic mass is 16.5. The van der Waals surface area contributed by atoms with Gasteiger partial charge in [0.25, 0.3) is 5.91 Å². The molecule has 2 aliphatic heterocycles. The number of amides is 1. The number of benzene rings is 1. The molecular formula is C14H17N3O2. The highest BCUT2D eigenvalue weighted by Crippen LogP contribution is 2.31. The van der Waals surface area contributed by atoms with Crippen molar-refractivity contribution in [3.05, 3.63) is 29.8 Å². The molecule has 5 nitrogen and oxygen atoms in total. The Morgan fingerprint density at radius 3 is 2.68 bits per heavy atom. The van der Waals surface area contributed by atoms with E-state index in [0.29, 0.717) is 5.71 Å². The molecule has 19 heavy (non-hydrogen) atoms. The van der Waals surface area contributed by atoms with Crippen LogP contribution in [0.3, 0.4) is 0 Å². The number of likely N-dealkylation sites (N-methyl/N-ethyl adjacent to an activating group) is 1.